The summed E-state index contributed by atoms with van der Waals surface area (Å²) in [4.78, 5) is 11.8. The lowest BCUT2D eigenvalue weighted by Crippen LogP contribution is -2.49. The number of carbonyl (C=O) groups excluding carboxylic acids is 1. The van der Waals surface area contributed by atoms with E-state index in [1.807, 2.05) is 0 Å². The van der Waals surface area contributed by atoms with Crippen LogP contribution in [-0.4, -0.2) is 18.1 Å². The van der Waals surface area contributed by atoms with Gasteiger partial charge in [0.25, 0.3) is 0 Å². The Morgan fingerprint density at radius 3 is 2.47 bits per heavy atom. The summed E-state index contributed by atoms with van der Waals surface area (Å²) >= 11 is 0. The van der Waals surface area contributed by atoms with Crippen LogP contribution in [-0.2, 0) is 4.79 Å². The minimum Gasteiger partial charge on any atom is -0.434 e. The molecule has 0 fully saturated rings. The van der Waals surface area contributed by atoms with Gasteiger partial charge in [-0.05, 0) is 26.8 Å². The van der Waals surface area contributed by atoms with Crippen LogP contribution in [0.4, 0.5) is 8.78 Å². The monoisotopic (exact) mass is 272 g/mol. The van der Waals surface area contributed by atoms with Crippen molar-refractivity contribution in [3.63, 3.8) is 0 Å². The Morgan fingerprint density at radius 1 is 1.37 bits per heavy atom. The average Bonchev–Trinajstić information content (AvgIpc) is 2.27. The number of nitrogens with two attached hydrogens (primary N) is 1. The summed E-state index contributed by atoms with van der Waals surface area (Å²) in [6, 6.07) is 5.83. The van der Waals surface area contributed by atoms with Crippen LogP contribution in [0.1, 0.15) is 32.4 Å². The maximum atomic E-state index is 12.3. The lowest BCUT2D eigenvalue weighted by Gasteiger charge is -2.23. The number of amides is 1. The van der Waals surface area contributed by atoms with Gasteiger partial charge in [-0.1, -0.05) is 18.2 Å². The summed E-state index contributed by atoms with van der Waals surface area (Å²) in [5.74, 6) is -0.327. The number of rotatable bonds is 5. The first-order valence-corrected chi connectivity index (χ1v) is 5.85. The molecule has 0 aliphatic heterocycles. The molecule has 1 atom stereocenters. The van der Waals surface area contributed by atoms with Crippen LogP contribution in [0.5, 0.6) is 5.75 Å². The molecule has 0 aliphatic carbocycles. The van der Waals surface area contributed by atoms with Crippen LogP contribution < -0.4 is 15.8 Å². The maximum Gasteiger partial charge on any atom is 0.387 e. The zero-order valence-corrected chi connectivity index (χ0v) is 11.1. The molecule has 19 heavy (non-hydrogen) atoms. The van der Waals surface area contributed by atoms with Crippen molar-refractivity contribution in [1.82, 2.24) is 5.32 Å². The van der Waals surface area contributed by atoms with Crippen molar-refractivity contribution in [2.45, 2.75) is 39.0 Å². The topological polar surface area (TPSA) is 64.4 Å². The van der Waals surface area contributed by atoms with Crippen molar-refractivity contribution in [3.05, 3.63) is 29.8 Å². The van der Waals surface area contributed by atoms with Gasteiger partial charge >= 0.3 is 6.61 Å². The minimum atomic E-state index is -2.91. The van der Waals surface area contributed by atoms with E-state index in [1.54, 1.807) is 39.0 Å². The van der Waals surface area contributed by atoms with Gasteiger partial charge in [0.15, 0.2) is 0 Å². The molecule has 0 bridgehead atoms. The zero-order chi connectivity index (χ0) is 14.6. The van der Waals surface area contributed by atoms with Gasteiger partial charge < -0.3 is 15.8 Å². The van der Waals surface area contributed by atoms with E-state index < -0.39 is 18.2 Å². The standard InChI is InChI=1S/C13H18F2N2O2/c1-8(17-11(18)13(2,3)16)9-6-4-5-7-10(9)19-12(14)15/h4-8,12H,16H2,1-3H3,(H,17,18). The molecule has 4 nitrogen and oxygen atoms in total. The van der Waals surface area contributed by atoms with E-state index in [0.29, 0.717) is 5.56 Å². The highest BCUT2D eigenvalue weighted by atomic mass is 19.3. The van der Waals surface area contributed by atoms with Crippen molar-refractivity contribution >= 4 is 5.91 Å². The summed E-state index contributed by atoms with van der Waals surface area (Å²) in [6.45, 7) is 1.90. The van der Waals surface area contributed by atoms with Crippen molar-refractivity contribution in [2.75, 3.05) is 0 Å². The van der Waals surface area contributed by atoms with Crippen LogP contribution in [0, 0.1) is 0 Å². The molecule has 0 aliphatic rings. The molecule has 0 radical (unpaired) electrons. The molecule has 0 heterocycles. The van der Waals surface area contributed by atoms with Crippen LogP contribution in [0.2, 0.25) is 0 Å². The van der Waals surface area contributed by atoms with E-state index in [9.17, 15) is 13.6 Å². The third kappa shape index (κ3) is 4.48. The van der Waals surface area contributed by atoms with Gasteiger partial charge in [0, 0.05) is 5.56 Å². The second-order valence-corrected chi connectivity index (χ2v) is 4.83. The molecule has 3 N–H and O–H groups in total. The average molecular weight is 272 g/mol. The van der Waals surface area contributed by atoms with E-state index in [-0.39, 0.29) is 11.7 Å². The number of nitrogens with one attached hydrogen (secondary N) is 1. The lowest BCUT2D eigenvalue weighted by molar-refractivity contribution is -0.125. The molecule has 1 amide bonds. The van der Waals surface area contributed by atoms with Crippen molar-refractivity contribution in [1.29, 1.82) is 0 Å². The van der Waals surface area contributed by atoms with Gasteiger partial charge in [0.2, 0.25) is 5.91 Å². The van der Waals surface area contributed by atoms with Gasteiger partial charge in [0.05, 0.1) is 11.6 Å². The van der Waals surface area contributed by atoms with E-state index in [0.717, 1.165) is 0 Å². The Balaban J connectivity index is 2.88. The van der Waals surface area contributed by atoms with Crippen LogP contribution >= 0.6 is 0 Å². The van der Waals surface area contributed by atoms with E-state index in [2.05, 4.69) is 10.1 Å². The Morgan fingerprint density at radius 2 is 1.95 bits per heavy atom. The number of ether oxygens (including phenoxy) is 1. The van der Waals surface area contributed by atoms with Gasteiger partial charge in [-0.15, -0.1) is 0 Å². The number of hydrogen-bond donors (Lipinski definition) is 2. The van der Waals surface area contributed by atoms with Crippen molar-refractivity contribution in [3.8, 4) is 5.75 Å². The van der Waals surface area contributed by atoms with E-state index >= 15 is 0 Å². The molecule has 0 saturated carbocycles. The maximum absolute atomic E-state index is 12.3. The Labute approximate surface area is 110 Å². The first kappa shape index (κ1) is 15.4. The second kappa shape index (κ2) is 5.97. The fourth-order valence-electron chi connectivity index (χ4n) is 1.50. The van der Waals surface area contributed by atoms with Crippen LogP contribution in [0.3, 0.4) is 0 Å². The molecule has 1 rings (SSSR count). The molecule has 1 aromatic carbocycles. The fraction of sp³-hybridized carbons (Fsp3) is 0.462. The summed E-state index contributed by atoms with van der Waals surface area (Å²) in [5.41, 5.74) is 5.10. The second-order valence-electron chi connectivity index (χ2n) is 4.83. The number of carbonyl (C=O) groups is 1. The molecule has 0 aromatic heterocycles. The first-order chi connectivity index (χ1) is 8.71. The number of benzene rings is 1. The van der Waals surface area contributed by atoms with Crippen LogP contribution in [0.15, 0.2) is 24.3 Å². The van der Waals surface area contributed by atoms with Gasteiger partial charge in [0.1, 0.15) is 5.75 Å². The number of halogens is 2. The highest BCUT2D eigenvalue weighted by Gasteiger charge is 2.24. The normalized spacial score (nSPS) is 13.2. The molecule has 0 saturated heterocycles. The molecular formula is C13H18F2N2O2. The van der Waals surface area contributed by atoms with E-state index in [1.165, 1.54) is 6.07 Å². The predicted octanol–water partition coefficient (Wildman–Crippen LogP) is 2.20. The molecule has 6 heteroatoms. The molecule has 0 spiro atoms. The highest BCUT2D eigenvalue weighted by Crippen LogP contribution is 2.26. The lowest BCUT2D eigenvalue weighted by atomic mass is 10.0. The summed E-state index contributed by atoms with van der Waals surface area (Å²) in [6.07, 6.45) is 0. The van der Waals surface area contributed by atoms with Crippen LogP contribution in [0.25, 0.3) is 0 Å². The zero-order valence-electron chi connectivity index (χ0n) is 11.1. The Hall–Kier alpha value is -1.69. The smallest absolute Gasteiger partial charge is 0.387 e. The number of para-hydroxylation sites is 1. The Kier molecular flexibility index (Phi) is 4.83. The SMILES string of the molecule is CC(NC(=O)C(C)(C)N)c1ccccc1OC(F)F. The van der Waals surface area contributed by atoms with Gasteiger partial charge in [-0.2, -0.15) is 8.78 Å². The summed E-state index contributed by atoms with van der Waals surface area (Å²) in [5, 5.41) is 2.66. The molecule has 106 valence electrons. The summed E-state index contributed by atoms with van der Waals surface area (Å²) in [7, 11) is 0. The number of hydrogen-bond acceptors (Lipinski definition) is 3. The molecule has 1 unspecified atom stereocenters. The van der Waals surface area contributed by atoms with Crippen molar-refractivity contribution in [2.24, 2.45) is 5.73 Å². The third-order valence-corrected chi connectivity index (χ3v) is 2.53. The molecular weight excluding hydrogens is 254 g/mol. The van der Waals surface area contributed by atoms with Gasteiger partial charge in [-0.25, -0.2) is 0 Å². The van der Waals surface area contributed by atoms with E-state index in [4.69, 9.17) is 5.73 Å². The van der Waals surface area contributed by atoms with Crippen molar-refractivity contribution < 1.29 is 18.3 Å². The highest BCUT2D eigenvalue weighted by molar-refractivity contribution is 5.85. The summed E-state index contributed by atoms with van der Waals surface area (Å²) < 4.78 is 29.0. The Bertz CT molecular complexity index is 445. The predicted molar refractivity (Wildman–Crippen MR) is 67.9 cm³/mol. The minimum absolute atomic E-state index is 0.0418. The number of alkyl halides is 2. The quantitative estimate of drug-likeness (QED) is 0.863. The molecule has 1 aromatic rings. The third-order valence-electron chi connectivity index (χ3n) is 2.53. The van der Waals surface area contributed by atoms with Gasteiger partial charge in [-0.3, -0.25) is 4.79 Å². The fourth-order valence-corrected chi connectivity index (χ4v) is 1.50. The largest absolute Gasteiger partial charge is 0.434 e. The first-order valence-electron chi connectivity index (χ1n) is 5.85.